The molecular weight excluding hydrogens is 249 g/mol. The van der Waals surface area contributed by atoms with Crippen molar-refractivity contribution in [1.82, 2.24) is 4.90 Å². The van der Waals surface area contributed by atoms with Crippen molar-refractivity contribution < 1.29 is 9.18 Å². The molecule has 0 bridgehead atoms. The maximum Gasteiger partial charge on any atom is 0.176 e. The second kappa shape index (κ2) is 5.85. The van der Waals surface area contributed by atoms with Gasteiger partial charge >= 0.3 is 0 Å². The lowest BCUT2D eigenvalue weighted by Gasteiger charge is -2.36. The van der Waals surface area contributed by atoms with Crippen molar-refractivity contribution in [2.45, 2.75) is 25.1 Å². The van der Waals surface area contributed by atoms with Gasteiger partial charge in [0.25, 0.3) is 0 Å². The average molecular weight is 267 g/mol. The minimum absolute atomic E-state index is 0.0703. The van der Waals surface area contributed by atoms with Gasteiger partial charge < -0.3 is 0 Å². The van der Waals surface area contributed by atoms with Gasteiger partial charge in [-0.15, -0.1) is 0 Å². The third-order valence-electron chi connectivity index (χ3n) is 3.53. The summed E-state index contributed by atoms with van der Waals surface area (Å²) in [5.41, 5.74) is 0.592. The highest BCUT2D eigenvalue weighted by atomic mass is 32.2. The molecular formula is C14H18FNOS. The van der Waals surface area contributed by atoms with Crippen LogP contribution in [0.2, 0.25) is 0 Å². The first-order valence-corrected chi connectivity index (χ1v) is 7.27. The lowest BCUT2D eigenvalue weighted by atomic mass is 10.1. The van der Waals surface area contributed by atoms with Crippen molar-refractivity contribution in [3.8, 4) is 0 Å². The molecule has 0 amide bonds. The van der Waals surface area contributed by atoms with E-state index in [0.29, 0.717) is 23.4 Å². The molecule has 0 aliphatic carbocycles. The summed E-state index contributed by atoms with van der Waals surface area (Å²) in [6.07, 6.45) is 0. The Morgan fingerprint density at radius 2 is 2.06 bits per heavy atom. The fourth-order valence-corrected chi connectivity index (χ4v) is 3.29. The molecule has 2 nitrogen and oxygen atoms in total. The maximum atomic E-state index is 12.8. The van der Waals surface area contributed by atoms with Gasteiger partial charge in [-0.2, -0.15) is 11.8 Å². The van der Waals surface area contributed by atoms with Gasteiger partial charge in [0.15, 0.2) is 5.78 Å². The Bertz CT molecular complexity index is 420. The lowest BCUT2D eigenvalue weighted by Crippen LogP contribution is -2.46. The summed E-state index contributed by atoms with van der Waals surface area (Å²) >= 11 is 1.95. The van der Waals surface area contributed by atoms with Crippen LogP contribution in [0.5, 0.6) is 0 Å². The molecule has 0 radical (unpaired) electrons. The van der Waals surface area contributed by atoms with Crippen molar-refractivity contribution in [2.24, 2.45) is 0 Å². The van der Waals surface area contributed by atoms with Crippen molar-refractivity contribution in [3.05, 3.63) is 35.6 Å². The van der Waals surface area contributed by atoms with E-state index < -0.39 is 0 Å². The summed E-state index contributed by atoms with van der Waals surface area (Å²) < 4.78 is 12.8. The highest BCUT2D eigenvalue weighted by molar-refractivity contribution is 8.00. The molecule has 1 aromatic carbocycles. The Balaban J connectivity index is 2.00. The molecule has 0 N–H and O–H groups in total. The molecule has 1 aliphatic heterocycles. The zero-order valence-corrected chi connectivity index (χ0v) is 11.5. The van der Waals surface area contributed by atoms with Gasteiger partial charge in [0, 0.05) is 29.2 Å². The number of nitrogens with zero attached hydrogens (tertiary/aromatic N) is 1. The molecule has 2 unspecified atom stereocenters. The average Bonchev–Trinajstić information content (AvgIpc) is 2.36. The normalized spacial score (nSPS) is 25.1. The molecule has 1 aliphatic rings. The van der Waals surface area contributed by atoms with E-state index in [9.17, 15) is 9.18 Å². The first-order valence-electron chi connectivity index (χ1n) is 6.22. The number of halogens is 1. The van der Waals surface area contributed by atoms with Gasteiger partial charge in [-0.05, 0) is 31.2 Å². The predicted molar refractivity (Wildman–Crippen MR) is 73.7 cm³/mol. The van der Waals surface area contributed by atoms with Gasteiger partial charge in [-0.3, -0.25) is 9.69 Å². The summed E-state index contributed by atoms with van der Waals surface area (Å²) in [7, 11) is 0. The predicted octanol–water partition coefficient (Wildman–Crippen LogP) is 2.83. The Morgan fingerprint density at radius 1 is 1.39 bits per heavy atom. The van der Waals surface area contributed by atoms with E-state index in [1.807, 2.05) is 11.8 Å². The van der Waals surface area contributed by atoms with Crippen LogP contribution in [0.4, 0.5) is 4.39 Å². The van der Waals surface area contributed by atoms with Crippen LogP contribution in [0.1, 0.15) is 24.2 Å². The minimum atomic E-state index is -0.303. The molecule has 1 heterocycles. The number of carbonyl (C=O) groups is 1. The molecule has 1 fully saturated rings. The number of rotatable bonds is 3. The van der Waals surface area contributed by atoms with Crippen LogP contribution < -0.4 is 0 Å². The smallest absolute Gasteiger partial charge is 0.176 e. The van der Waals surface area contributed by atoms with Gasteiger partial charge in [-0.25, -0.2) is 4.39 Å². The molecule has 0 saturated carbocycles. The Hall–Kier alpha value is -0.870. The van der Waals surface area contributed by atoms with Crippen LogP contribution in [-0.2, 0) is 0 Å². The molecule has 4 heteroatoms. The van der Waals surface area contributed by atoms with Crippen molar-refractivity contribution in [2.75, 3.05) is 18.8 Å². The number of carbonyl (C=O) groups excluding carboxylic acids is 1. The van der Waals surface area contributed by atoms with Crippen LogP contribution in [0.3, 0.4) is 0 Å². The van der Waals surface area contributed by atoms with E-state index >= 15 is 0 Å². The largest absolute Gasteiger partial charge is 0.293 e. The molecule has 2 atom stereocenters. The highest BCUT2D eigenvalue weighted by Gasteiger charge is 2.26. The molecule has 1 aromatic rings. The Labute approximate surface area is 112 Å². The second-order valence-electron chi connectivity index (χ2n) is 4.72. The lowest BCUT2D eigenvalue weighted by molar-refractivity contribution is 0.0902. The molecule has 18 heavy (non-hydrogen) atoms. The summed E-state index contributed by atoms with van der Waals surface area (Å²) in [5.74, 6) is 0.839. The first kappa shape index (κ1) is 13.6. The summed E-state index contributed by atoms with van der Waals surface area (Å²) in [6, 6.07) is 6.21. The topological polar surface area (TPSA) is 20.3 Å². The summed E-state index contributed by atoms with van der Waals surface area (Å²) in [6.45, 7) is 5.74. The quantitative estimate of drug-likeness (QED) is 0.785. The number of hydrogen-bond donors (Lipinski definition) is 0. The number of ketones is 1. The zero-order valence-electron chi connectivity index (χ0n) is 10.7. The van der Waals surface area contributed by atoms with E-state index in [2.05, 4.69) is 18.7 Å². The van der Waals surface area contributed by atoms with Crippen LogP contribution >= 0.6 is 11.8 Å². The van der Waals surface area contributed by atoms with Crippen molar-refractivity contribution in [1.29, 1.82) is 0 Å². The maximum absolute atomic E-state index is 12.8. The van der Waals surface area contributed by atoms with Gasteiger partial charge in [0.05, 0.1) is 6.54 Å². The number of benzene rings is 1. The van der Waals surface area contributed by atoms with Gasteiger partial charge in [0.1, 0.15) is 5.82 Å². The number of Topliss-reactive ketones (excluding diaryl/α,β-unsaturated/α-hetero) is 1. The van der Waals surface area contributed by atoms with Crippen LogP contribution in [0.25, 0.3) is 0 Å². The van der Waals surface area contributed by atoms with E-state index in [1.165, 1.54) is 12.1 Å². The summed E-state index contributed by atoms with van der Waals surface area (Å²) in [4.78, 5) is 14.3. The number of thioether (sulfide) groups is 1. The van der Waals surface area contributed by atoms with Crippen LogP contribution in [0.15, 0.2) is 24.3 Å². The fraction of sp³-hybridized carbons (Fsp3) is 0.500. The second-order valence-corrected chi connectivity index (χ2v) is 6.20. The SMILES string of the molecule is CC1SCCN(CC(=O)c2ccc(F)cc2)C1C. The van der Waals surface area contributed by atoms with Gasteiger partial charge in [-0.1, -0.05) is 6.92 Å². The molecule has 2 rings (SSSR count). The third kappa shape index (κ3) is 3.12. The molecule has 0 spiro atoms. The van der Waals surface area contributed by atoms with E-state index in [4.69, 9.17) is 0 Å². The minimum Gasteiger partial charge on any atom is -0.293 e. The molecule has 98 valence electrons. The fourth-order valence-electron chi connectivity index (χ4n) is 2.13. The van der Waals surface area contributed by atoms with Gasteiger partial charge in [0.2, 0.25) is 0 Å². The van der Waals surface area contributed by atoms with E-state index in [-0.39, 0.29) is 11.6 Å². The van der Waals surface area contributed by atoms with Crippen molar-refractivity contribution >= 4 is 17.5 Å². The van der Waals surface area contributed by atoms with Crippen LogP contribution in [-0.4, -0.2) is 40.8 Å². The third-order valence-corrected chi connectivity index (χ3v) is 4.87. The van der Waals surface area contributed by atoms with E-state index in [0.717, 1.165) is 12.3 Å². The Kier molecular flexibility index (Phi) is 4.40. The zero-order chi connectivity index (χ0) is 13.1. The molecule has 1 saturated heterocycles. The monoisotopic (exact) mass is 267 g/mol. The van der Waals surface area contributed by atoms with Crippen molar-refractivity contribution in [3.63, 3.8) is 0 Å². The first-order chi connectivity index (χ1) is 8.58. The summed E-state index contributed by atoms with van der Waals surface area (Å²) in [5, 5.41) is 0.555. The van der Waals surface area contributed by atoms with E-state index in [1.54, 1.807) is 12.1 Å². The standard InChI is InChI=1S/C14H18FNOS/c1-10-11(2)18-8-7-16(10)9-14(17)12-3-5-13(15)6-4-12/h3-6,10-11H,7-9H2,1-2H3. The number of hydrogen-bond acceptors (Lipinski definition) is 3. The Morgan fingerprint density at radius 3 is 2.72 bits per heavy atom. The van der Waals surface area contributed by atoms with Crippen LogP contribution in [0, 0.1) is 5.82 Å². The molecule has 0 aromatic heterocycles. The highest BCUT2D eigenvalue weighted by Crippen LogP contribution is 2.24.